The zero-order valence-corrected chi connectivity index (χ0v) is 24.1. The van der Waals surface area contributed by atoms with Gasteiger partial charge in [-0.1, -0.05) is 55.8 Å². The summed E-state index contributed by atoms with van der Waals surface area (Å²) in [4.78, 5) is 42.9. The van der Waals surface area contributed by atoms with Crippen LogP contribution >= 0.6 is 0 Å². The number of hydrogen-bond donors (Lipinski definition) is 2. The number of benzene rings is 2. The van der Waals surface area contributed by atoms with E-state index in [1.807, 2.05) is 77.1 Å². The Labute approximate surface area is 227 Å². The molecule has 3 amide bonds. The van der Waals surface area contributed by atoms with Gasteiger partial charge in [-0.3, -0.25) is 9.59 Å². The molecule has 2 unspecified atom stereocenters. The van der Waals surface area contributed by atoms with Gasteiger partial charge in [-0.25, -0.2) is 4.79 Å². The smallest absolute Gasteiger partial charge is 0.408 e. The van der Waals surface area contributed by atoms with E-state index in [1.165, 1.54) is 0 Å². The van der Waals surface area contributed by atoms with Crippen LogP contribution in [0.1, 0.15) is 82.2 Å². The lowest BCUT2D eigenvalue weighted by molar-refractivity contribution is -0.146. The summed E-state index contributed by atoms with van der Waals surface area (Å²) in [7, 11) is 0. The van der Waals surface area contributed by atoms with Crippen LogP contribution in [0, 0.1) is 26.7 Å². The molecule has 7 nitrogen and oxygen atoms in total. The van der Waals surface area contributed by atoms with Gasteiger partial charge < -0.3 is 20.3 Å². The molecule has 3 rings (SSSR count). The molecular weight excluding hydrogens is 478 g/mol. The number of amides is 3. The number of nitrogens with zero attached hydrogens (tertiary/aromatic N) is 1. The zero-order chi connectivity index (χ0) is 28.2. The fraction of sp³-hybridized carbons (Fsp3) is 0.516. The number of carbonyl (C=O) groups excluding carboxylic acids is 3. The van der Waals surface area contributed by atoms with Crippen molar-refractivity contribution in [2.24, 2.45) is 5.92 Å². The summed E-state index contributed by atoms with van der Waals surface area (Å²) in [6, 6.07) is 11.8. The van der Waals surface area contributed by atoms with Gasteiger partial charge in [-0.05, 0) is 89.5 Å². The van der Waals surface area contributed by atoms with E-state index < -0.39 is 23.8 Å². The molecule has 0 aliphatic heterocycles. The van der Waals surface area contributed by atoms with Crippen LogP contribution in [0.3, 0.4) is 0 Å². The van der Waals surface area contributed by atoms with Gasteiger partial charge in [0.1, 0.15) is 17.7 Å². The third kappa shape index (κ3) is 7.15. The third-order valence-electron chi connectivity index (χ3n) is 6.99. The number of carbonyl (C=O) groups is 3. The number of ether oxygens (including phenoxy) is 1. The van der Waals surface area contributed by atoms with Crippen molar-refractivity contribution in [2.75, 3.05) is 5.32 Å². The largest absolute Gasteiger partial charge is 0.444 e. The van der Waals surface area contributed by atoms with Crippen molar-refractivity contribution in [2.45, 2.75) is 98.4 Å². The van der Waals surface area contributed by atoms with Gasteiger partial charge in [-0.15, -0.1) is 0 Å². The van der Waals surface area contributed by atoms with Crippen molar-refractivity contribution in [3.63, 3.8) is 0 Å². The number of nitrogens with one attached hydrogen (secondary N) is 2. The topological polar surface area (TPSA) is 87.7 Å². The lowest BCUT2D eigenvalue weighted by Gasteiger charge is -2.44. The van der Waals surface area contributed by atoms with Crippen molar-refractivity contribution >= 4 is 23.6 Å². The van der Waals surface area contributed by atoms with Crippen LogP contribution in [-0.4, -0.2) is 40.5 Å². The monoisotopic (exact) mass is 521 g/mol. The van der Waals surface area contributed by atoms with E-state index in [-0.39, 0.29) is 23.8 Å². The van der Waals surface area contributed by atoms with E-state index in [1.54, 1.807) is 25.7 Å². The Kier molecular flexibility index (Phi) is 9.23. The highest BCUT2D eigenvalue weighted by atomic mass is 16.6. The summed E-state index contributed by atoms with van der Waals surface area (Å²) in [5.74, 6) is -0.759. The fourth-order valence-electron chi connectivity index (χ4n) is 4.68. The van der Waals surface area contributed by atoms with Crippen molar-refractivity contribution in [3.05, 3.63) is 64.7 Å². The molecule has 1 fully saturated rings. The molecule has 0 saturated heterocycles. The number of alkyl carbamates (subject to hydrolysis) is 1. The van der Waals surface area contributed by atoms with Gasteiger partial charge in [0.2, 0.25) is 5.91 Å². The molecule has 2 aromatic rings. The second-order valence-electron chi connectivity index (χ2n) is 11.8. The maximum absolute atomic E-state index is 14.3. The summed E-state index contributed by atoms with van der Waals surface area (Å²) < 4.78 is 5.47. The molecule has 1 aliphatic carbocycles. The van der Waals surface area contributed by atoms with Crippen LogP contribution in [0.15, 0.2) is 42.5 Å². The van der Waals surface area contributed by atoms with Gasteiger partial charge in [0, 0.05) is 11.7 Å². The quantitative estimate of drug-likeness (QED) is 0.432. The van der Waals surface area contributed by atoms with E-state index >= 15 is 0 Å². The van der Waals surface area contributed by atoms with Crippen LogP contribution in [0.4, 0.5) is 10.5 Å². The number of rotatable bonds is 8. The molecule has 0 aromatic heterocycles. The first-order valence-electron chi connectivity index (χ1n) is 13.5. The molecule has 7 heteroatoms. The Morgan fingerprint density at radius 2 is 1.63 bits per heavy atom. The van der Waals surface area contributed by atoms with E-state index in [9.17, 15) is 14.4 Å². The van der Waals surface area contributed by atoms with E-state index in [2.05, 4.69) is 10.6 Å². The highest BCUT2D eigenvalue weighted by Gasteiger charge is 2.43. The maximum Gasteiger partial charge on any atom is 0.408 e. The normalized spacial score (nSPS) is 15.3. The predicted molar refractivity (Wildman–Crippen MR) is 151 cm³/mol. The Morgan fingerprint density at radius 1 is 0.974 bits per heavy atom. The summed E-state index contributed by atoms with van der Waals surface area (Å²) in [6.45, 7) is 15.0. The molecule has 2 N–H and O–H groups in total. The van der Waals surface area contributed by atoms with Crippen molar-refractivity contribution in [3.8, 4) is 0 Å². The van der Waals surface area contributed by atoms with Crippen molar-refractivity contribution < 1.29 is 19.1 Å². The second-order valence-corrected chi connectivity index (χ2v) is 11.8. The Balaban J connectivity index is 2.07. The first-order chi connectivity index (χ1) is 17.8. The molecule has 206 valence electrons. The molecule has 2 atom stereocenters. The zero-order valence-electron chi connectivity index (χ0n) is 24.1. The van der Waals surface area contributed by atoms with Gasteiger partial charge in [0.25, 0.3) is 5.91 Å². The van der Waals surface area contributed by atoms with E-state index in [4.69, 9.17) is 4.74 Å². The van der Waals surface area contributed by atoms with Crippen LogP contribution in [-0.2, 0) is 14.3 Å². The fourth-order valence-corrected chi connectivity index (χ4v) is 4.68. The van der Waals surface area contributed by atoms with Crippen LogP contribution in [0.5, 0.6) is 0 Å². The molecule has 1 aliphatic rings. The van der Waals surface area contributed by atoms with Gasteiger partial charge >= 0.3 is 6.09 Å². The Hall–Kier alpha value is -3.35. The molecule has 0 radical (unpaired) electrons. The highest BCUT2D eigenvalue weighted by Crippen LogP contribution is 2.36. The van der Waals surface area contributed by atoms with Gasteiger partial charge in [0.15, 0.2) is 0 Å². The minimum Gasteiger partial charge on any atom is -0.444 e. The molecule has 38 heavy (non-hydrogen) atoms. The summed E-state index contributed by atoms with van der Waals surface area (Å²) >= 11 is 0. The first kappa shape index (κ1) is 29.2. The minimum atomic E-state index is -0.853. The Morgan fingerprint density at radius 3 is 2.18 bits per heavy atom. The van der Waals surface area contributed by atoms with Crippen LogP contribution < -0.4 is 10.6 Å². The number of hydrogen-bond acceptors (Lipinski definition) is 4. The van der Waals surface area contributed by atoms with Crippen molar-refractivity contribution in [1.82, 2.24) is 10.2 Å². The number of anilines is 1. The minimum absolute atomic E-state index is 0.100. The van der Waals surface area contributed by atoms with Crippen LogP contribution in [0.2, 0.25) is 0 Å². The number of para-hydroxylation sites is 1. The average Bonchev–Trinajstić information content (AvgIpc) is 2.77. The summed E-state index contributed by atoms with van der Waals surface area (Å²) in [6.07, 6.45) is 1.95. The molecule has 0 heterocycles. The molecule has 0 spiro atoms. The predicted octanol–water partition coefficient (Wildman–Crippen LogP) is 6.22. The highest BCUT2D eigenvalue weighted by molar-refractivity contribution is 5.99. The van der Waals surface area contributed by atoms with E-state index in [0.717, 1.165) is 41.5 Å². The lowest BCUT2D eigenvalue weighted by Crippen LogP contribution is -2.58. The first-order valence-corrected chi connectivity index (χ1v) is 13.5. The molecule has 2 aromatic carbocycles. The van der Waals surface area contributed by atoms with Gasteiger partial charge in [0.05, 0.1) is 0 Å². The van der Waals surface area contributed by atoms with Crippen molar-refractivity contribution in [1.29, 1.82) is 0 Å². The molecule has 0 bridgehead atoms. The maximum atomic E-state index is 14.3. The third-order valence-corrected chi connectivity index (χ3v) is 6.99. The molecule has 1 saturated carbocycles. The number of aryl methyl sites for hydroxylation is 3. The van der Waals surface area contributed by atoms with Crippen LogP contribution in [0.25, 0.3) is 0 Å². The summed E-state index contributed by atoms with van der Waals surface area (Å²) in [5, 5.41) is 5.89. The SMILES string of the molecule is Cc1ccc(C)c(C(C(=O)Nc2ccccc2C)N(C(=O)C(NC(=O)OC(C)(C)C)C(C)C)C2CCC2)c1. The Bertz CT molecular complexity index is 1160. The average molecular weight is 522 g/mol. The van der Waals surface area contributed by atoms with E-state index in [0.29, 0.717) is 5.69 Å². The lowest BCUT2D eigenvalue weighted by atomic mass is 9.86. The van der Waals surface area contributed by atoms with Gasteiger partial charge in [-0.2, -0.15) is 0 Å². The summed E-state index contributed by atoms with van der Waals surface area (Å²) in [5.41, 5.74) is 3.68. The standard InChI is InChI=1S/C31H43N3O4/c1-19(2)26(33-30(37)38-31(6,7)8)29(36)34(23-13-11-14-23)27(24-18-20(3)16-17-21(24)4)28(35)32-25-15-10-9-12-22(25)5/h9-10,12,15-19,23,26-27H,11,13-14H2,1-8H3,(H,32,35)(H,33,37). The molecular formula is C31H43N3O4. The second kappa shape index (κ2) is 12.0.